The number of rotatable bonds is 6. The Bertz CT molecular complexity index is 547. The van der Waals surface area contributed by atoms with Gasteiger partial charge in [-0.05, 0) is 6.07 Å². The number of benzene rings is 1. The van der Waals surface area contributed by atoms with Gasteiger partial charge in [0.25, 0.3) is 0 Å². The summed E-state index contributed by atoms with van der Waals surface area (Å²) in [5.74, 6) is 0.0786. The first-order chi connectivity index (χ1) is 10.6. The predicted molar refractivity (Wildman–Crippen MR) is 81.5 cm³/mol. The summed E-state index contributed by atoms with van der Waals surface area (Å²) in [4.78, 5) is 26.3. The van der Waals surface area contributed by atoms with E-state index in [0.29, 0.717) is 18.9 Å². The fourth-order valence-corrected chi connectivity index (χ4v) is 2.96. The lowest BCUT2D eigenvalue weighted by Gasteiger charge is -2.29. The number of nitrogens with one attached hydrogen (secondary N) is 1. The van der Waals surface area contributed by atoms with Crippen LogP contribution in [0.3, 0.4) is 0 Å². The van der Waals surface area contributed by atoms with Gasteiger partial charge in [-0.15, -0.1) is 0 Å². The summed E-state index contributed by atoms with van der Waals surface area (Å²) >= 11 is 0. The molecule has 2 amide bonds. The van der Waals surface area contributed by atoms with Gasteiger partial charge < -0.3 is 19.7 Å². The van der Waals surface area contributed by atoms with Crippen LogP contribution in [0.1, 0.15) is 18.0 Å². The highest BCUT2D eigenvalue weighted by Gasteiger charge is 2.44. The van der Waals surface area contributed by atoms with E-state index in [1.54, 1.807) is 26.2 Å². The maximum atomic E-state index is 12.3. The number of methoxy groups -OCH3 is 2. The van der Waals surface area contributed by atoms with Crippen LogP contribution in [0.25, 0.3) is 0 Å². The zero-order valence-corrected chi connectivity index (χ0v) is 13.2. The lowest BCUT2D eigenvalue weighted by atomic mass is 9.92. The Kier molecular flexibility index (Phi) is 5.38. The molecule has 1 aromatic carbocycles. The van der Waals surface area contributed by atoms with Crippen molar-refractivity contribution in [2.24, 2.45) is 5.92 Å². The van der Waals surface area contributed by atoms with Crippen molar-refractivity contribution in [1.82, 2.24) is 10.2 Å². The van der Waals surface area contributed by atoms with Crippen LogP contribution < -0.4 is 10.1 Å². The molecule has 6 nitrogen and oxygen atoms in total. The molecule has 0 bridgehead atoms. The molecule has 6 heteroatoms. The Balaban J connectivity index is 2.42. The summed E-state index contributed by atoms with van der Waals surface area (Å²) in [6.45, 7) is 0.878. The molecular weight excluding hydrogens is 284 g/mol. The summed E-state index contributed by atoms with van der Waals surface area (Å²) in [5.41, 5.74) is 0.848. The number of hydrogen-bond acceptors (Lipinski definition) is 4. The molecule has 1 fully saturated rings. The number of carbonyl (C=O) groups excluding carboxylic acids is 2. The Hall–Kier alpha value is -2.08. The summed E-state index contributed by atoms with van der Waals surface area (Å²) in [5, 5.41) is 2.65. The van der Waals surface area contributed by atoms with Gasteiger partial charge >= 0.3 is 0 Å². The van der Waals surface area contributed by atoms with Gasteiger partial charge in [-0.2, -0.15) is 0 Å². The lowest BCUT2D eigenvalue weighted by molar-refractivity contribution is -0.129. The maximum absolute atomic E-state index is 12.3. The van der Waals surface area contributed by atoms with E-state index >= 15 is 0 Å². The van der Waals surface area contributed by atoms with Crippen LogP contribution in [0, 0.1) is 5.92 Å². The van der Waals surface area contributed by atoms with E-state index in [4.69, 9.17) is 9.47 Å². The van der Waals surface area contributed by atoms with Crippen molar-refractivity contribution in [2.45, 2.75) is 12.5 Å². The molecule has 1 aliphatic rings. The summed E-state index contributed by atoms with van der Waals surface area (Å²) in [6, 6.07) is 7.16. The lowest BCUT2D eigenvalue weighted by Crippen LogP contribution is -2.36. The van der Waals surface area contributed by atoms with Gasteiger partial charge in [0.15, 0.2) is 0 Å². The summed E-state index contributed by atoms with van der Waals surface area (Å²) < 4.78 is 10.5. The highest BCUT2D eigenvalue weighted by Crippen LogP contribution is 2.41. The van der Waals surface area contributed by atoms with Gasteiger partial charge in [0.05, 0.1) is 25.7 Å². The quantitative estimate of drug-likeness (QED) is 0.850. The molecule has 0 saturated carbocycles. The number of hydrogen-bond donors (Lipinski definition) is 1. The molecule has 0 radical (unpaired) electrons. The summed E-state index contributed by atoms with van der Waals surface area (Å²) in [7, 11) is 4.77. The highest BCUT2D eigenvalue weighted by atomic mass is 16.5. The molecule has 22 heavy (non-hydrogen) atoms. The Labute approximate surface area is 130 Å². The van der Waals surface area contributed by atoms with Gasteiger partial charge in [-0.25, -0.2) is 0 Å². The monoisotopic (exact) mass is 306 g/mol. The van der Waals surface area contributed by atoms with E-state index < -0.39 is 5.92 Å². The molecule has 1 aromatic rings. The van der Waals surface area contributed by atoms with Gasteiger partial charge in [0.2, 0.25) is 11.8 Å². The molecule has 0 aromatic heterocycles. The molecule has 1 saturated heterocycles. The number of ether oxygens (including phenoxy) is 2. The number of carbonyl (C=O) groups is 2. The van der Waals surface area contributed by atoms with Crippen LogP contribution in [0.4, 0.5) is 0 Å². The summed E-state index contributed by atoms with van der Waals surface area (Å²) in [6.07, 6.45) is 0.200. The minimum atomic E-state index is -0.425. The van der Waals surface area contributed by atoms with Crippen LogP contribution in [-0.2, 0) is 14.3 Å². The van der Waals surface area contributed by atoms with Crippen molar-refractivity contribution in [3.05, 3.63) is 29.8 Å². The fraction of sp³-hybridized carbons (Fsp3) is 0.500. The van der Waals surface area contributed by atoms with Crippen LogP contribution in [-0.4, -0.2) is 51.1 Å². The van der Waals surface area contributed by atoms with Crippen LogP contribution in [0.2, 0.25) is 0 Å². The van der Waals surface area contributed by atoms with Crippen molar-refractivity contribution < 1.29 is 19.1 Å². The first-order valence-electron chi connectivity index (χ1n) is 7.27. The Morgan fingerprint density at radius 2 is 2.09 bits per heavy atom. The minimum absolute atomic E-state index is 0.0402. The minimum Gasteiger partial charge on any atom is -0.496 e. The molecule has 120 valence electrons. The number of para-hydroxylation sites is 1. The predicted octanol–water partition coefficient (Wildman–Crippen LogP) is 0.977. The largest absolute Gasteiger partial charge is 0.496 e. The standard InChI is InChI=1S/C16H22N2O4/c1-17-16(20)12-10-14(19)18(8-9-21-2)15(12)11-6-4-5-7-13(11)22-3/h4-7,12,15H,8-10H2,1-3H3,(H,17,20)/t12-,15+/m1/s1. The highest BCUT2D eigenvalue weighted by molar-refractivity contribution is 5.90. The van der Waals surface area contributed by atoms with E-state index in [2.05, 4.69) is 5.32 Å². The zero-order chi connectivity index (χ0) is 16.1. The Morgan fingerprint density at radius 1 is 1.36 bits per heavy atom. The average molecular weight is 306 g/mol. The van der Waals surface area contributed by atoms with Gasteiger partial charge in [0.1, 0.15) is 5.75 Å². The molecule has 1 N–H and O–H groups in total. The third kappa shape index (κ3) is 3.06. The van der Waals surface area contributed by atoms with E-state index in [-0.39, 0.29) is 24.3 Å². The third-order valence-corrected chi connectivity index (χ3v) is 4.01. The maximum Gasteiger partial charge on any atom is 0.225 e. The van der Waals surface area contributed by atoms with Gasteiger partial charge in [-0.1, -0.05) is 18.2 Å². The first-order valence-corrected chi connectivity index (χ1v) is 7.27. The molecule has 0 aliphatic carbocycles. The SMILES string of the molecule is CNC(=O)[C@@H]1CC(=O)N(CCOC)[C@H]1c1ccccc1OC. The first kappa shape index (κ1) is 16.3. The fourth-order valence-electron chi connectivity index (χ4n) is 2.96. The second-order valence-corrected chi connectivity index (χ2v) is 5.19. The molecule has 0 spiro atoms. The molecular formula is C16H22N2O4. The average Bonchev–Trinajstić information content (AvgIpc) is 2.88. The van der Waals surface area contributed by atoms with Crippen molar-refractivity contribution in [3.63, 3.8) is 0 Å². The van der Waals surface area contributed by atoms with Crippen molar-refractivity contribution >= 4 is 11.8 Å². The molecule has 2 atom stereocenters. The van der Waals surface area contributed by atoms with Crippen molar-refractivity contribution in [3.8, 4) is 5.75 Å². The van der Waals surface area contributed by atoms with Crippen LogP contribution >= 0.6 is 0 Å². The molecule has 1 aliphatic heterocycles. The van der Waals surface area contributed by atoms with E-state index in [1.165, 1.54) is 0 Å². The molecule has 0 unspecified atom stereocenters. The molecule has 2 rings (SSSR count). The van der Waals surface area contributed by atoms with E-state index in [1.807, 2.05) is 24.3 Å². The van der Waals surface area contributed by atoms with Crippen LogP contribution in [0.15, 0.2) is 24.3 Å². The van der Waals surface area contributed by atoms with Crippen molar-refractivity contribution in [1.29, 1.82) is 0 Å². The zero-order valence-electron chi connectivity index (χ0n) is 13.2. The van der Waals surface area contributed by atoms with Gasteiger partial charge in [-0.3, -0.25) is 9.59 Å². The smallest absolute Gasteiger partial charge is 0.225 e. The van der Waals surface area contributed by atoms with Gasteiger partial charge in [0, 0.05) is 32.7 Å². The second kappa shape index (κ2) is 7.26. The van der Waals surface area contributed by atoms with E-state index in [0.717, 1.165) is 5.56 Å². The second-order valence-electron chi connectivity index (χ2n) is 5.19. The Morgan fingerprint density at radius 3 is 2.73 bits per heavy atom. The van der Waals surface area contributed by atoms with E-state index in [9.17, 15) is 9.59 Å². The molecule has 1 heterocycles. The number of nitrogens with zero attached hydrogens (tertiary/aromatic N) is 1. The normalized spacial score (nSPS) is 21.0. The van der Waals surface area contributed by atoms with Crippen LogP contribution in [0.5, 0.6) is 5.75 Å². The number of amides is 2. The third-order valence-electron chi connectivity index (χ3n) is 4.01. The van der Waals surface area contributed by atoms with Crippen molar-refractivity contribution in [2.75, 3.05) is 34.4 Å². The number of likely N-dealkylation sites (tertiary alicyclic amines) is 1. The topological polar surface area (TPSA) is 67.9 Å².